The molecule has 0 spiro atoms. The van der Waals surface area contributed by atoms with Gasteiger partial charge in [-0.05, 0) is 62.9 Å². The van der Waals surface area contributed by atoms with Crippen molar-refractivity contribution >= 4 is 0 Å². The first-order chi connectivity index (χ1) is 12.9. The minimum absolute atomic E-state index is 0.0988. The highest BCUT2D eigenvalue weighted by molar-refractivity contribution is 5.41. The number of nitrogens with one attached hydrogen (secondary N) is 1. The summed E-state index contributed by atoms with van der Waals surface area (Å²) in [5, 5.41) is 13.3. The van der Waals surface area contributed by atoms with Crippen molar-refractivity contribution in [1.82, 2.24) is 5.32 Å². The normalized spacial score (nSPS) is 21.7. The SMILES string of the molecule is COc1cc(CNCC[C@]2(c3ccccc3)CCOC(C)(C)C2)ccc1O. The number of phenols is 1. The summed E-state index contributed by atoms with van der Waals surface area (Å²) in [6, 6.07) is 16.4. The fourth-order valence-corrected chi connectivity index (χ4v) is 4.27. The van der Waals surface area contributed by atoms with Crippen molar-refractivity contribution in [3.8, 4) is 11.5 Å². The molecule has 0 aliphatic carbocycles. The summed E-state index contributed by atoms with van der Waals surface area (Å²) in [6.45, 7) is 6.87. The molecule has 1 heterocycles. The molecule has 0 aromatic heterocycles. The lowest BCUT2D eigenvalue weighted by molar-refractivity contribution is -0.0840. The van der Waals surface area contributed by atoms with E-state index in [0.29, 0.717) is 5.75 Å². The van der Waals surface area contributed by atoms with Crippen molar-refractivity contribution in [3.05, 3.63) is 59.7 Å². The third-order valence-corrected chi connectivity index (χ3v) is 5.58. The number of benzene rings is 2. The average molecular weight is 370 g/mol. The van der Waals surface area contributed by atoms with Gasteiger partial charge in [-0.25, -0.2) is 0 Å². The monoisotopic (exact) mass is 369 g/mol. The highest BCUT2D eigenvalue weighted by atomic mass is 16.5. The zero-order valence-corrected chi connectivity index (χ0v) is 16.6. The van der Waals surface area contributed by atoms with Gasteiger partial charge in [0, 0.05) is 18.6 Å². The molecule has 0 bridgehead atoms. The second-order valence-corrected chi connectivity index (χ2v) is 8.11. The number of ether oxygens (including phenoxy) is 2. The summed E-state index contributed by atoms with van der Waals surface area (Å²) in [5.41, 5.74) is 2.56. The summed E-state index contributed by atoms with van der Waals surface area (Å²) in [5.74, 6) is 0.690. The van der Waals surface area contributed by atoms with Crippen LogP contribution in [-0.2, 0) is 16.7 Å². The van der Waals surface area contributed by atoms with Gasteiger partial charge in [0.1, 0.15) is 0 Å². The lowest BCUT2D eigenvalue weighted by atomic mass is 9.67. The maximum atomic E-state index is 9.73. The predicted octanol–water partition coefficient (Wildman–Crippen LogP) is 4.41. The first-order valence-corrected chi connectivity index (χ1v) is 9.70. The van der Waals surface area contributed by atoms with Crippen LogP contribution in [0, 0.1) is 0 Å². The van der Waals surface area contributed by atoms with Crippen molar-refractivity contribution in [2.75, 3.05) is 20.3 Å². The lowest BCUT2D eigenvalue weighted by Crippen LogP contribution is -2.45. The Hall–Kier alpha value is -2.04. The van der Waals surface area contributed by atoms with E-state index < -0.39 is 0 Å². The van der Waals surface area contributed by atoms with Crippen molar-refractivity contribution < 1.29 is 14.6 Å². The zero-order valence-electron chi connectivity index (χ0n) is 16.6. The molecule has 0 amide bonds. The summed E-state index contributed by atoms with van der Waals surface area (Å²) < 4.78 is 11.2. The number of hydrogen-bond acceptors (Lipinski definition) is 4. The van der Waals surface area contributed by atoms with Crippen molar-refractivity contribution in [2.24, 2.45) is 0 Å². The Morgan fingerprint density at radius 2 is 1.93 bits per heavy atom. The Bertz CT molecular complexity index is 745. The first kappa shape index (κ1) is 19.7. The van der Waals surface area contributed by atoms with E-state index in [-0.39, 0.29) is 16.8 Å². The molecule has 1 fully saturated rings. The molecule has 1 atom stereocenters. The second kappa shape index (κ2) is 8.32. The highest BCUT2D eigenvalue weighted by Gasteiger charge is 2.41. The molecule has 146 valence electrons. The lowest BCUT2D eigenvalue weighted by Gasteiger charge is -2.45. The molecule has 1 saturated heterocycles. The molecule has 1 aliphatic heterocycles. The largest absolute Gasteiger partial charge is 0.504 e. The molecule has 1 aliphatic rings. The maximum Gasteiger partial charge on any atom is 0.160 e. The summed E-state index contributed by atoms with van der Waals surface area (Å²) >= 11 is 0. The summed E-state index contributed by atoms with van der Waals surface area (Å²) in [7, 11) is 1.57. The minimum atomic E-state index is -0.0988. The van der Waals surface area contributed by atoms with Crippen LogP contribution in [0.15, 0.2) is 48.5 Å². The Morgan fingerprint density at radius 3 is 2.63 bits per heavy atom. The summed E-state index contributed by atoms with van der Waals surface area (Å²) in [4.78, 5) is 0. The quantitative estimate of drug-likeness (QED) is 0.710. The molecule has 2 aromatic rings. The fourth-order valence-electron chi connectivity index (χ4n) is 4.27. The molecule has 3 rings (SSSR count). The molecule has 2 N–H and O–H groups in total. The van der Waals surface area contributed by atoms with Gasteiger partial charge in [-0.2, -0.15) is 0 Å². The molecule has 27 heavy (non-hydrogen) atoms. The van der Waals surface area contributed by atoms with E-state index >= 15 is 0 Å². The predicted molar refractivity (Wildman–Crippen MR) is 108 cm³/mol. The number of methoxy groups -OCH3 is 1. The van der Waals surface area contributed by atoms with Gasteiger partial charge in [-0.3, -0.25) is 0 Å². The van der Waals surface area contributed by atoms with Crippen LogP contribution >= 0.6 is 0 Å². The van der Waals surface area contributed by atoms with Crippen LogP contribution in [0.4, 0.5) is 0 Å². The minimum Gasteiger partial charge on any atom is -0.504 e. The van der Waals surface area contributed by atoms with Crippen LogP contribution in [0.25, 0.3) is 0 Å². The summed E-state index contributed by atoms with van der Waals surface area (Å²) in [6.07, 6.45) is 3.15. The second-order valence-electron chi connectivity index (χ2n) is 8.11. The van der Waals surface area contributed by atoms with Gasteiger partial charge >= 0.3 is 0 Å². The van der Waals surface area contributed by atoms with Gasteiger partial charge in [0.15, 0.2) is 11.5 Å². The van der Waals surface area contributed by atoms with E-state index in [2.05, 4.69) is 49.5 Å². The van der Waals surface area contributed by atoms with Crippen LogP contribution in [0.3, 0.4) is 0 Å². The Morgan fingerprint density at radius 1 is 1.15 bits per heavy atom. The van der Waals surface area contributed by atoms with Gasteiger partial charge in [0.05, 0.1) is 12.7 Å². The third-order valence-electron chi connectivity index (χ3n) is 5.58. The van der Waals surface area contributed by atoms with E-state index in [1.165, 1.54) is 5.56 Å². The first-order valence-electron chi connectivity index (χ1n) is 9.70. The van der Waals surface area contributed by atoms with Crippen LogP contribution in [0.5, 0.6) is 11.5 Å². The molecule has 4 heteroatoms. The standard InChI is InChI=1S/C23H31NO3/c1-22(2)17-23(12-14-27-22,19-7-5-4-6-8-19)11-13-24-16-18-9-10-20(25)21(15-18)26-3/h4-10,15,24-25H,11-14,16-17H2,1-3H3/t23-/m0/s1. The highest BCUT2D eigenvalue weighted by Crippen LogP contribution is 2.43. The Kier molecular flexibility index (Phi) is 6.08. The van der Waals surface area contributed by atoms with Crippen LogP contribution in [-0.4, -0.2) is 31.0 Å². The molecule has 0 unspecified atom stereocenters. The van der Waals surface area contributed by atoms with Gasteiger partial charge in [0.2, 0.25) is 0 Å². The smallest absolute Gasteiger partial charge is 0.160 e. The van der Waals surface area contributed by atoms with Gasteiger partial charge in [-0.15, -0.1) is 0 Å². The zero-order chi connectivity index (χ0) is 19.3. The molecular weight excluding hydrogens is 338 g/mol. The van der Waals surface area contributed by atoms with Gasteiger partial charge < -0.3 is 19.9 Å². The van der Waals surface area contributed by atoms with Crippen molar-refractivity contribution in [3.63, 3.8) is 0 Å². The van der Waals surface area contributed by atoms with E-state index in [4.69, 9.17) is 9.47 Å². The Balaban J connectivity index is 1.65. The number of rotatable bonds is 7. The molecule has 0 radical (unpaired) electrons. The molecule has 4 nitrogen and oxygen atoms in total. The average Bonchev–Trinajstić information content (AvgIpc) is 2.66. The third kappa shape index (κ3) is 4.82. The number of aromatic hydroxyl groups is 1. The fraction of sp³-hybridized carbons (Fsp3) is 0.478. The van der Waals surface area contributed by atoms with Crippen LogP contribution in [0.2, 0.25) is 0 Å². The van der Waals surface area contributed by atoms with Crippen LogP contribution in [0.1, 0.15) is 44.2 Å². The van der Waals surface area contributed by atoms with E-state index in [9.17, 15) is 5.11 Å². The number of phenolic OH excluding ortho intramolecular Hbond substituents is 1. The molecule has 0 saturated carbocycles. The Labute approximate surface area is 162 Å². The van der Waals surface area contributed by atoms with Crippen molar-refractivity contribution in [2.45, 2.75) is 50.7 Å². The van der Waals surface area contributed by atoms with E-state index in [1.54, 1.807) is 13.2 Å². The van der Waals surface area contributed by atoms with Crippen LogP contribution < -0.4 is 10.1 Å². The van der Waals surface area contributed by atoms with E-state index in [1.807, 2.05) is 12.1 Å². The topological polar surface area (TPSA) is 50.7 Å². The maximum absolute atomic E-state index is 9.73. The van der Waals surface area contributed by atoms with E-state index in [0.717, 1.165) is 44.5 Å². The number of hydrogen-bond donors (Lipinski definition) is 2. The van der Waals surface area contributed by atoms with Gasteiger partial charge in [0.25, 0.3) is 0 Å². The van der Waals surface area contributed by atoms with Gasteiger partial charge in [-0.1, -0.05) is 36.4 Å². The van der Waals surface area contributed by atoms with Crippen molar-refractivity contribution in [1.29, 1.82) is 0 Å². The molecular formula is C23H31NO3. The molecule has 2 aromatic carbocycles.